The quantitative estimate of drug-likeness (QED) is 0.511. The molecule has 0 radical (unpaired) electrons. The molecule has 17 heavy (non-hydrogen) atoms. The summed E-state index contributed by atoms with van der Waals surface area (Å²) in [5, 5.41) is 11.3. The highest BCUT2D eigenvalue weighted by atomic mass is 32.2. The van der Waals surface area contributed by atoms with Crippen LogP contribution < -0.4 is 5.73 Å². The number of oxazole rings is 1. The van der Waals surface area contributed by atoms with Crippen LogP contribution in [-0.2, 0) is 0 Å². The van der Waals surface area contributed by atoms with Gasteiger partial charge in [-0.3, -0.25) is 10.1 Å². The van der Waals surface area contributed by atoms with E-state index in [1.54, 1.807) is 19.1 Å². The Hall–Kier alpha value is -2.02. The summed E-state index contributed by atoms with van der Waals surface area (Å²) in [6.07, 6.45) is 1.49. The minimum absolute atomic E-state index is 0.117. The second-order valence-corrected chi connectivity index (χ2v) is 4.30. The predicted molar refractivity (Wildman–Crippen MR) is 62.9 cm³/mol. The predicted octanol–water partition coefficient (Wildman–Crippen LogP) is 2.62. The van der Waals surface area contributed by atoms with Gasteiger partial charge in [0.2, 0.25) is 0 Å². The van der Waals surface area contributed by atoms with Crippen LogP contribution >= 0.6 is 11.8 Å². The lowest BCUT2D eigenvalue weighted by molar-refractivity contribution is -0.386. The van der Waals surface area contributed by atoms with Crippen LogP contribution in [0.1, 0.15) is 5.69 Å². The molecule has 0 fully saturated rings. The number of benzene rings is 1. The van der Waals surface area contributed by atoms with Crippen molar-refractivity contribution >= 4 is 23.1 Å². The average molecular weight is 251 g/mol. The molecular formula is C10H9N3O3S. The molecular weight excluding hydrogens is 242 g/mol. The zero-order valence-electron chi connectivity index (χ0n) is 8.91. The van der Waals surface area contributed by atoms with Crippen molar-refractivity contribution in [2.24, 2.45) is 0 Å². The molecule has 1 heterocycles. The highest BCUT2D eigenvalue weighted by molar-refractivity contribution is 7.99. The molecule has 1 aromatic heterocycles. The van der Waals surface area contributed by atoms with E-state index < -0.39 is 4.92 Å². The highest BCUT2D eigenvalue weighted by Gasteiger charge is 2.20. The van der Waals surface area contributed by atoms with Crippen molar-refractivity contribution in [1.29, 1.82) is 0 Å². The van der Waals surface area contributed by atoms with Gasteiger partial charge in [-0.1, -0.05) is 6.07 Å². The summed E-state index contributed by atoms with van der Waals surface area (Å²) in [6.45, 7) is 1.78. The number of hydrogen-bond donors (Lipinski definition) is 1. The molecule has 0 unspecified atom stereocenters. The summed E-state index contributed by atoms with van der Waals surface area (Å²) in [7, 11) is 0. The fraction of sp³-hybridized carbons (Fsp3) is 0.100. The first-order chi connectivity index (χ1) is 8.08. The largest absolute Gasteiger partial charge is 0.439 e. The molecule has 2 rings (SSSR count). The Balaban J connectivity index is 2.39. The molecule has 0 aliphatic carbocycles. The Morgan fingerprint density at radius 1 is 1.53 bits per heavy atom. The van der Waals surface area contributed by atoms with E-state index >= 15 is 0 Å². The van der Waals surface area contributed by atoms with Gasteiger partial charge in [-0.05, 0) is 30.8 Å². The number of nitrogens with two attached hydrogens (primary N) is 1. The first kappa shape index (κ1) is 11.5. The van der Waals surface area contributed by atoms with Crippen LogP contribution in [0, 0.1) is 17.0 Å². The number of nitro benzene ring substituents is 1. The first-order valence-electron chi connectivity index (χ1n) is 4.71. The van der Waals surface area contributed by atoms with E-state index in [0.29, 0.717) is 10.1 Å². The van der Waals surface area contributed by atoms with E-state index in [1.165, 1.54) is 12.3 Å². The minimum atomic E-state index is -0.506. The molecule has 0 aliphatic heterocycles. The molecule has 0 bridgehead atoms. The number of nitro groups is 1. The van der Waals surface area contributed by atoms with Crippen LogP contribution in [0.15, 0.2) is 39.0 Å². The molecule has 0 aliphatic rings. The third kappa shape index (κ3) is 2.39. The Morgan fingerprint density at radius 2 is 2.29 bits per heavy atom. The molecule has 2 aromatic rings. The Morgan fingerprint density at radius 3 is 2.88 bits per heavy atom. The summed E-state index contributed by atoms with van der Waals surface area (Å²) >= 11 is 1.08. The van der Waals surface area contributed by atoms with Gasteiger partial charge in [-0.25, -0.2) is 4.98 Å². The van der Waals surface area contributed by atoms with Gasteiger partial charge in [0.15, 0.2) is 0 Å². The summed E-state index contributed by atoms with van der Waals surface area (Å²) in [5.41, 5.74) is 6.31. The van der Waals surface area contributed by atoms with E-state index in [4.69, 9.17) is 10.2 Å². The number of nitrogen functional groups attached to an aromatic ring is 1. The van der Waals surface area contributed by atoms with Crippen molar-refractivity contribution in [3.8, 4) is 0 Å². The molecule has 88 valence electrons. The summed E-state index contributed by atoms with van der Waals surface area (Å²) < 4.78 is 5.13. The second-order valence-electron chi connectivity index (χ2n) is 3.31. The number of hydrogen-bond acceptors (Lipinski definition) is 6. The highest BCUT2D eigenvalue weighted by Crippen LogP contribution is 2.37. The lowest BCUT2D eigenvalue weighted by Crippen LogP contribution is -1.97. The number of rotatable bonds is 3. The summed E-state index contributed by atoms with van der Waals surface area (Å²) in [6, 6.07) is 4.75. The fourth-order valence-electron chi connectivity index (χ4n) is 1.29. The van der Waals surface area contributed by atoms with Crippen LogP contribution in [0.3, 0.4) is 0 Å². The standard InChI is InChI=1S/C10H9N3O3S/c1-6-5-16-10(12-6)17-8-4-2-3-7(11)9(8)13(14)15/h2-5H,11H2,1H3. The van der Waals surface area contributed by atoms with E-state index in [9.17, 15) is 10.1 Å². The van der Waals surface area contributed by atoms with Crippen molar-refractivity contribution in [3.63, 3.8) is 0 Å². The van der Waals surface area contributed by atoms with Crippen molar-refractivity contribution in [1.82, 2.24) is 4.98 Å². The number of para-hydroxylation sites is 1. The molecule has 6 nitrogen and oxygen atoms in total. The number of nitrogens with zero attached hydrogens (tertiary/aromatic N) is 2. The van der Waals surface area contributed by atoms with Crippen LogP contribution in [0.5, 0.6) is 0 Å². The number of aryl methyl sites for hydroxylation is 1. The van der Waals surface area contributed by atoms with Gasteiger partial charge in [0.05, 0.1) is 15.5 Å². The molecule has 0 amide bonds. The summed E-state index contributed by atoms with van der Waals surface area (Å²) in [4.78, 5) is 14.9. The van der Waals surface area contributed by atoms with Crippen LogP contribution in [0.25, 0.3) is 0 Å². The zero-order chi connectivity index (χ0) is 12.4. The smallest absolute Gasteiger partial charge is 0.306 e. The molecule has 2 N–H and O–H groups in total. The van der Waals surface area contributed by atoms with Gasteiger partial charge in [0.1, 0.15) is 12.0 Å². The van der Waals surface area contributed by atoms with Crippen LogP contribution in [0.2, 0.25) is 0 Å². The molecule has 0 spiro atoms. The van der Waals surface area contributed by atoms with Crippen LogP contribution in [-0.4, -0.2) is 9.91 Å². The van der Waals surface area contributed by atoms with Gasteiger partial charge in [-0.15, -0.1) is 0 Å². The van der Waals surface area contributed by atoms with E-state index in [1.807, 2.05) is 0 Å². The van der Waals surface area contributed by atoms with Crippen molar-refractivity contribution < 1.29 is 9.34 Å². The monoisotopic (exact) mass is 251 g/mol. The maximum Gasteiger partial charge on any atom is 0.306 e. The second kappa shape index (κ2) is 4.46. The maximum absolute atomic E-state index is 10.9. The lowest BCUT2D eigenvalue weighted by atomic mass is 10.3. The normalized spacial score (nSPS) is 10.4. The third-order valence-corrected chi connectivity index (χ3v) is 2.92. The molecule has 0 saturated heterocycles. The van der Waals surface area contributed by atoms with Crippen molar-refractivity contribution in [3.05, 3.63) is 40.3 Å². The third-order valence-electron chi connectivity index (χ3n) is 2.01. The topological polar surface area (TPSA) is 95.2 Å². The molecule has 7 heteroatoms. The maximum atomic E-state index is 10.9. The van der Waals surface area contributed by atoms with Gasteiger partial charge < -0.3 is 10.2 Å². The Labute approximate surface area is 101 Å². The zero-order valence-corrected chi connectivity index (χ0v) is 9.73. The van der Waals surface area contributed by atoms with Crippen molar-refractivity contribution in [2.75, 3.05) is 5.73 Å². The van der Waals surface area contributed by atoms with E-state index in [-0.39, 0.29) is 11.4 Å². The van der Waals surface area contributed by atoms with E-state index in [2.05, 4.69) is 4.98 Å². The fourth-order valence-corrected chi connectivity index (χ4v) is 2.20. The SMILES string of the molecule is Cc1coc(Sc2cccc(N)c2[N+](=O)[O-])n1. The Bertz CT molecular complexity index is 568. The minimum Gasteiger partial charge on any atom is -0.439 e. The molecule has 0 atom stereocenters. The van der Waals surface area contributed by atoms with Gasteiger partial charge in [0.25, 0.3) is 5.22 Å². The summed E-state index contributed by atoms with van der Waals surface area (Å²) in [5.74, 6) is 0. The van der Waals surface area contributed by atoms with Crippen molar-refractivity contribution in [2.45, 2.75) is 17.0 Å². The average Bonchev–Trinajstić information content (AvgIpc) is 2.63. The van der Waals surface area contributed by atoms with Gasteiger partial charge >= 0.3 is 5.69 Å². The first-order valence-corrected chi connectivity index (χ1v) is 5.52. The Kier molecular flexibility index (Phi) is 3.01. The molecule has 1 aromatic carbocycles. The van der Waals surface area contributed by atoms with Crippen LogP contribution in [0.4, 0.5) is 11.4 Å². The lowest BCUT2D eigenvalue weighted by Gasteiger charge is -2.01. The van der Waals surface area contributed by atoms with E-state index in [0.717, 1.165) is 17.5 Å². The van der Waals surface area contributed by atoms with Gasteiger partial charge in [-0.2, -0.15) is 0 Å². The molecule has 0 saturated carbocycles. The number of anilines is 1. The van der Waals surface area contributed by atoms with Gasteiger partial charge in [0, 0.05) is 0 Å². The number of aromatic nitrogens is 1.